The molecule has 10 nitrogen and oxygen atoms in total. The number of amides is 3. The van der Waals surface area contributed by atoms with Crippen molar-refractivity contribution in [3.63, 3.8) is 0 Å². The van der Waals surface area contributed by atoms with Crippen LogP contribution in [0.4, 0.5) is 33.2 Å². The van der Waals surface area contributed by atoms with E-state index in [1.807, 2.05) is 18.2 Å². The predicted molar refractivity (Wildman–Crippen MR) is 178 cm³/mol. The number of likely N-dealkylation sites (N-methyl/N-ethyl adjacent to an activating group) is 1. The lowest BCUT2D eigenvalue weighted by molar-refractivity contribution is -0.110. The van der Waals surface area contributed by atoms with Crippen LogP contribution in [0.1, 0.15) is 21.5 Å². The predicted octanol–water partition coefficient (Wildman–Crippen LogP) is 5.73. The van der Waals surface area contributed by atoms with E-state index in [-0.39, 0.29) is 11.7 Å². The van der Waals surface area contributed by atoms with Crippen molar-refractivity contribution in [3.8, 4) is 5.75 Å². The van der Waals surface area contributed by atoms with Crippen LogP contribution >= 0.6 is 0 Å². The van der Waals surface area contributed by atoms with Gasteiger partial charge in [-0.2, -0.15) is 0 Å². The number of hydrogen-bond donors (Lipinski definition) is 4. The first-order valence-corrected chi connectivity index (χ1v) is 14.7. The number of nitrogens with one attached hydrogen (secondary N) is 4. The van der Waals surface area contributed by atoms with Gasteiger partial charge in [0.25, 0.3) is 5.91 Å². The maximum atomic E-state index is 13.4. The van der Waals surface area contributed by atoms with Crippen molar-refractivity contribution in [1.82, 2.24) is 4.90 Å². The van der Waals surface area contributed by atoms with E-state index < -0.39 is 6.03 Å². The quantitative estimate of drug-likeness (QED) is 0.151. The summed E-state index contributed by atoms with van der Waals surface area (Å²) in [4.78, 5) is 43.5. The van der Waals surface area contributed by atoms with Crippen LogP contribution in [0.25, 0.3) is 5.57 Å². The van der Waals surface area contributed by atoms with Crippen molar-refractivity contribution in [2.45, 2.75) is 0 Å². The maximum absolute atomic E-state index is 13.4. The molecule has 10 heteroatoms. The lowest BCUT2D eigenvalue weighted by atomic mass is 9.99. The zero-order valence-corrected chi connectivity index (χ0v) is 25.1. The SMILES string of the molecule is COc1ccccc1NC(=O)Nc1cccc(C(=O)c2ccc3c(c2)NC(=O)/C3=C/Nc2ccc(N3CCN(C)CC3)cc2)c1. The fraction of sp³-hybridized carbons (Fsp3) is 0.171. The molecule has 0 aromatic heterocycles. The van der Waals surface area contributed by atoms with Gasteiger partial charge >= 0.3 is 6.03 Å². The number of ether oxygens (including phenoxy) is 1. The molecule has 2 heterocycles. The van der Waals surface area contributed by atoms with Crippen LogP contribution in [0.3, 0.4) is 0 Å². The Hall–Kier alpha value is -5.61. The molecule has 0 radical (unpaired) electrons. The van der Waals surface area contributed by atoms with E-state index in [1.54, 1.807) is 66.9 Å². The monoisotopic (exact) mass is 602 g/mol. The van der Waals surface area contributed by atoms with Crippen LogP contribution in [0.5, 0.6) is 5.75 Å². The number of fused-ring (bicyclic) bond motifs is 1. The molecule has 1 saturated heterocycles. The molecule has 4 N–H and O–H groups in total. The number of anilines is 5. The second kappa shape index (κ2) is 12.9. The van der Waals surface area contributed by atoms with Gasteiger partial charge in [0, 0.05) is 71.8 Å². The fourth-order valence-electron chi connectivity index (χ4n) is 5.41. The van der Waals surface area contributed by atoms with E-state index in [2.05, 4.69) is 50.2 Å². The van der Waals surface area contributed by atoms with Gasteiger partial charge in [0.1, 0.15) is 5.75 Å². The number of nitrogens with zero attached hydrogens (tertiary/aromatic N) is 2. The summed E-state index contributed by atoms with van der Waals surface area (Å²) in [6.45, 7) is 4.08. The van der Waals surface area contributed by atoms with Gasteiger partial charge < -0.3 is 35.8 Å². The molecule has 1 fully saturated rings. The molecule has 3 amide bonds. The van der Waals surface area contributed by atoms with Crippen molar-refractivity contribution in [3.05, 3.63) is 114 Å². The summed E-state index contributed by atoms with van der Waals surface area (Å²) in [5.41, 5.74) is 5.60. The molecule has 0 saturated carbocycles. The van der Waals surface area contributed by atoms with Crippen molar-refractivity contribution in [1.29, 1.82) is 0 Å². The molecule has 0 atom stereocenters. The minimum Gasteiger partial charge on any atom is -0.495 e. The first kappa shape index (κ1) is 29.5. The number of urea groups is 1. The van der Waals surface area contributed by atoms with E-state index >= 15 is 0 Å². The summed E-state index contributed by atoms with van der Waals surface area (Å²) in [5.74, 6) is 0.0460. The minimum absolute atomic E-state index is 0.239. The first-order chi connectivity index (χ1) is 21.9. The van der Waals surface area contributed by atoms with Gasteiger partial charge in [0.2, 0.25) is 0 Å². The van der Waals surface area contributed by atoms with Gasteiger partial charge in [-0.05, 0) is 61.6 Å². The average molecular weight is 603 g/mol. The number of carbonyl (C=O) groups is 3. The van der Waals surface area contributed by atoms with Crippen LogP contribution in [0.2, 0.25) is 0 Å². The topological polar surface area (TPSA) is 115 Å². The Morgan fingerprint density at radius 1 is 0.822 bits per heavy atom. The second-order valence-corrected chi connectivity index (χ2v) is 10.9. The molecular formula is C35H34N6O4. The van der Waals surface area contributed by atoms with Crippen LogP contribution in [-0.4, -0.2) is 63.0 Å². The van der Waals surface area contributed by atoms with E-state index in [4.69, 9.17) is 4.74 Å². The standard InChI is InChI=1S/C35H34N6O4/c1-40-16-18-41(19-17-40)27-13-11-25(12-14-27)36-22-29-28-15-10-24(21-31(28)38-34(29)43)33(42)23-6-5-7-26(20-23)37-35(44)39-30-8-3-4-9-32(30)45-2/h3-15,20-22,36H,16-19H2,1-2H3,(H,38,43)(H2,37,39,44)/b29-22+. The highest BCUT2D eigenvalue weighted by Crippen LogP contribution is 2.33. The molecule has 45 heavy (non-hydrogen) atoms. The molecule has 6 rings (SSSR count). The van der Waals surface area contributed by atoms with Gasteiger partial charge in [0.05, 0.1) is 18.4 Å². The third-order valence-electron chi connectivity index (χ3n) is 7.92. The zero-order chi connectivity index (χ0) is 31.3. The first-order valence-electron chi connectivity index (χ1n) is 14.7. The number of rotatable bonds is 8. The Morgan fingerprint density at radius 3 is 2.36 bits per heavy atom. The number of piperazine rings is 1. The summed E-state index contributed by atoms with van der Waals surface area (Å²) < 4.78 is 5.28. The van der Waals surface area contributed by atoms with Crippen molar-refractivity contribution in [2.75, 3.05) is 66.5 Å². The Labute approximate surface area is 261 Å². The van der Waals surface area contributed by atoms with Gasteiger partial charge in [-0.15, -0.1) is 0 Å². The third kappa shape index (κ3) is 6.66. The van der Waals surface area contributed by atoms with Gasteiger partial charge in [-0.3, -0.25) is 9.59 Å². The molecular weight excluding hydrogens is 568 g/mol. The smallest absolute Gasteiger partial charge is 0.323 e. The van der Waals surface area contributed by atoms with Gasteiger partial charge in [0.15, 0.2) is 5.78 Å². The molecule has 2 aliphatic rings. The molecule has 228 valence electrons. The highest BCUT2D eigenvalue weighted by Gasteiger charge is 2.25. The summed E-state index contributed by atoms with van der Waals surface area (Å²) in [7, 11) is 3.67. The summed E-state index contributed by atoms with van der Waals surface area (Å²) in [5, 5.41) is 11.6. The average Bonchev–Trinajstić information content (AvgIpc) is 3.38. The zero-order valence-electron chi connectivity index (χ0n) is 25.1. The number of methoxy groups -OCH3 is 1. The summed E-state index contributed by atoms with van der Waals surface area (Å²) >= 11 is 0. The van der Waals surface area contributed by atoms with Crippen LogP contribution in [-0.2, 0) is 4.79 Å². The highest BCUT2D eigenvalue weighted by molar-refractivity contribution is 6.32. The lowest BCUT2D eigenvalue weighted by Crippen LogP contribution is -2.44. The van der Waals surface area contributed by atoms with E-state index in [9.17, 15) is 14.4 Å². The Balaban J connectivity index is 1.11. The number of ketones is 1. The van der Waals surface area contributed by atoms with Gasteiger partial charge in [-0.25, -0.2) is 4.79 Å². The van der Waals surface area contributed by atoms with Crippen molar-refractivity contribution < 1.29 is 19.1 Å². The Morgan fingerprint density at radius 2 is 1.58 bits per heavy atom. The number of benzene rings is 4. The van der Waals surface area contributed by atoms with Crippen LogP contribution < -0.4 is 30.9 Å². The third-order valence-corrected chi connectivity index (χ3v) is 7.92. The highest BCUT2D eigenvalue weighted by atomic mass is 16.5. The van der Waals surface area contributed by atoms with Crippen molar-refractivity contribution in [2.24, 2.45) is 0 Å². The minimum atomic E-state index is -0.469. The largest absolute Gasteiger partial charge is 0.495 e. The normalized spacial score (nSPS) is 15.3. The number of carbonyl (C=O) groups excluding carboxylic acids is 3. The molecule has 0 bridgehead atoms. The molecule has 2 aliphatic heterocycles. The van der Waals surface area contributed by atoms with E-state index in [0.717, 1.165) is 31.9 Å². The summed E-state index contributed by atoms with van der Waals surface area (Å²) in [6.07, 6.45) is 1.69. The number of hydrogen-bond acceptors (Lipinski definition) is 7. The molecule has 4 aromatic carbocycles. The van der Waals surface area contributed by atoms with E-state index in [1.165, 1.54) is 12.8 Å². The Kier molecular flexibility index (Phi) is 8.47. The second-order valence-electron chi connectivity index (χ2n) is 10.9. The van der Waals surface area contributed by atoms with Gasteiger partial charge in [-0.1, -0.05) is 36.4 Å². The summed E-state index contributed by atoms with van der Waals surface area (Å²) in [6, 6.07) is 26.6. The maximum Gasteiger partial charge on any atom is 0.323 e. The van der Waals surface area contributed by atoms with E-state index in [0.29, 0.717) is 45.1 Å². The molecule has 0 spiro atoms. The number of para-hydroxylation sites is 2. The fourth-order valence-corrected chi connectivity index (χ4v) is 5.41. The lowest BCUT2D eigenvalue weighted by Gasteiger charge is -2.34. The molecule has 0 unspecified atom stereocenters. The Bertz CT molecular complexity index is 1780. The molecule has 4 aromatic rings. The molecule has 0 aliphatic carbocycles. The van der Waals surface area contributed by atoms with Crippen LogP contribution in [0, 0.1) is 0 Å². The van der Waals surface area contributed by atoms with Crippen molar-refractivity contribution >= 4 is 51.7 Å². The van der Waals surface area contributed by atoms with Crippen LogP contribution in [0.15, 0.2) is 97.2 Å².